The zero-order chi connectivity index (χ0) is 16.0. The van der Waals surface area contributed by atoms with E-state index >= 15 is 0 Å². The molecule has 0 amide bonds. The minimum atomic E-state index is -0.784. The first-order chi connectivity index (χ1) is 9.94. The quantitative estimate of drug-likeness (QED) is 0.569. The Hall–Kier alpha value is -1.01. The molecule has 0 heterocycles. The lowest BCUT2D eigenvalue weighted by Crippen LogP contribution is -2.35. The van der Waals surface area contributed by atoms with E-state index in [0.717, 1.165) is 26.2 Å². The molecule has 3 N–H and O–H groups in total. The van der Waals surface area contributed by atoms with E-state index in [2.05, 4.69) is 18.7 Å². The van der Waals surface area contributed by atoms with Crippen molar-refractivity contribution < 1.29 is 9.84 Å². The fourth-order valence-electron chi connectivity index (χ4n) is 2.16. The van der Waals surface area contributed by atoms with Gasteiger partial charge in [0, 0.05) is 24.7 Å². The molecular formula is C15H26ClN3O2. The van der Waals surface area contributed by atoms with Gasteiger partial charge in [-0.1, -0.05) is 25.4 Å². The van der Waals surface area contributed by atoms with Crippen molar-refractivity contribution in [2.45, 2.75) is 20.1 Å². The molecule has 0 bridgehead atoms. The third kappa shape index (κ3) is 4.74. The Labute approximate surface area is 132 Å². The Morgan fingerprint density at radius 1 is 1.29 bits per heavy atom. The number of nitrogen functional groups attached to an aromatic ring is 1. The monoisotopic (exact) mass is 315 g/mol. The van der Waals surface area contributed by atoms with Gasteiger partial charge in [-0.2, -0.15) is 0 Å². The number of benzene rings is 1. The molecule has 1 rings (SSSR count). The van der Waals surface area contributed by atoms with Crippen molar-refractivity contribution in [1.82, 2.24) is 9.80 Å². The van der Waals surface area contributed by atoms with Crippen molar-refractivity contribution in [3.05, 3.63) is 22.7 Å². The van der Waals surface area contributed by atoms with Crippen LogP contribution in [0.1, 0.15) is 25.6 Å². The highest BCUT2D eigenvalue weighted by molar-refractivity contribution is 6.33. The van der Waals surface area contributed by atoms with Crippen molar-refractivity contribution in [2.24, 2.45) is 0 Å². The Morgan fingerprint density at radius 3 is 2.43 bits per heavy atom. The number of nitrogens with zero attached hydrogens (tertiary/aromatic N) is 2. The van der Waals surface area contributed by atoms with Crippen molar-refractivity contribution in [2.75, 3.05) is 46.1 Å². The molecule has 5 nitrogen and oxygen atoms in total. The minimum absolute atomic E-state index is 0.419. The second kappa shape index (κ2) is 8.44. The van der Waals surface area contributed by atoms with Gasteiger partial charge >= 0.3 is 0 Å². The lowest BCUT2D eigenvalue weighted by Gasteiger charge is -2.28. The van der Waals surface area contributed by atoms with Crippen molar-refractivity contribution in [3.63, 3.8) is 0 Å². The van der Waals surface area contributed by atoms with Crippen molar-refractivity contribution in [3.8, 4) is 5.75 Å². The topological polar surface area (TPSA) is 62.0 Å². The summed E-state index contributed by atoms with van der Waals surface area (Å²) in [4.78, 5) is 4.17. The number of nitrogens with two attached hydrogens (primary N) is 1. The van der Waals surface area contributed by atoms with Crippen LogP contribution in [0, 0.1) is 0 Å². The lowest BCUT2D eigenvalue weighted by molar-refractivity contribution is 0.0138. The van der Waals surface area contributed by atoms with E-state index in [-0.39, 0.29) is 0 Å². The average molecular weight is 316 g/mol. The summed E-state index contributed by atoms with van der Waals surface area (Å²) in [5.41, 5.74) is 6.83. The maximum atomic E-state index is 10.5. The second-order valence-corrected chi connectivity index (χ2v) is 5.40. The molecule has 120 valence electrons. The Bertz CT molecular complexity index is 453. The molecule has 0 spiro atoms. The van der Waals surface area contributed by atoms with Gasteiger partial charge in [0.2, 0.25) is 0 Å². The maximum absolute atomic E-state index is 10.5. The number of likely N-dealkylation sites (N-methyl/N-ethyl adjacent to an activating group) is 2. The van der Waals surface area contributed by atoms with E-state index in [0.29, 0.717) is 22.0 Å². The summed E-state index contributed by atoms with van der Waals surface area (Å²) in [5.74, 6) is 0.541. The van der Waals surface area contributed by atoms with E-state index in [1.807, 2.05) is 11.9 Å². The molecule has 6 heteroatoms. The molecule has 0 aromatic heterocycles. The third-order valence-corrected chi connectivity index (χ3v) is 4.04. The predicted octanol–water partition coefficient (Wildman–Crippen LogP) is 2.20. The molecule has 1 aromatic carbocycles. The number of ether oxygens (including phenoxy) is 1. The molecular weight excluding hydrogens is 290 g/mol. The number of hydrogen-bond acceptors (Lipinski definition) is 5. The van der Waals surface area contributed by atoms with Gasteiger partial charge in [0.1, 0.15) is 12.0 Å². The van der Waals surface area contributed by atoms with Crippen molar-refractivity contribution >= 4 is 17.3 Å². The summed E-state index contributed by atoms with van der Waals surface area (Å²) in [6.07, 6.45) is -0.784. The highest BCUT2D eigenvalue weighted by Crippen LogP contribution is 2.33. The highest BCUT2D eigenvalue weighted by Gasteiger charge is 2.20. The molecule has 0 saturated carbocycles. The van der Waals surface area contributed by atoms with Gasteiger partial charge in [-0.3, -0.25) is 4.90 Å². The summed E-state index contributed by atoms with van der Waals surface area (Å²) >= 11 is 6.05. The lowest BCUT2D eigenvalue weighted by atomic mass is 10.1. The standard InChI is InChI=1S/C15H26ClN3O2/c1-5-19(6-2)8-7-18(3)15(20)11-9-12(16)13(17)10-14(11)21-4/h9-10,15,20H,5-8,17H2,1-4H3. The first-order valence-corrected chi connectivity index (χ1v) is 7.55. The van der Waals surface area contributed by atoms with Gasteiger partial charge in [-0.25, -0.2) is 0 Å². The fourth-order valence-corrected chi connectivity index (χ4v) is 2.33. The van der Waals surface area contributed by atoms with Crippen molar-refractivity contribution in [1.29, 1.82) is 0 Å². The fraction of sp³-hybridized carbons (Fsp3) is 0.600. The van der Waals surface area contributed by atoms with Gasteiger partial charge in [-0.05, 0) is 26.2 Å². The first kappa shape index (κ1) is 18.0. The molecule has 0 aliphatic carbocycles. The van der Waals surface area contributed by atoms with Crippen LogP contribution in [0.5, 0.6) is 5.75 Å². The minimum Gasteiger partial charge on any atom is -0.496 e. The molecule has 0 aliphatic rings. The number of methoxy groups -OCH3 is 1. The SMILES string of the molecule is CCN(CC)CCN(C)C(O)c1cc(Cl)c(N)cc1OC. The van der Waals surface area contributed by atoms with E-state index in [9.17, 15) is 5.11 Å². The van der Waals surface area contributed by atoms with Crippen LogP contribution in [-0.2, 0) is 0 Å². The highest BCUT2D eigenvalue weighted by atomic mass is 35.5. The summed E-state index contributed by atoms with van der Waals surface area (Å²) in [6.45, 7) is 7.89. The normalized spacial score (nSPS) is 13.0. The van der Waals surface area contributed by atoms with Crippen LogP contribution in [0.3, 0.4) is 0 Å². The van der Waals surface area contributed by atoms with Crippen LogP contribution < -0.4 is 10.5 Å². The number of rotatable bonds is 8. The number of aliphatic hydroxyl groups is 1. The van der Waals surface area contributed by atoms with Crippen LogP contribution in [0.15, 0.2) is 12.1 Å². The van der Waals surface area contributed by atoms with Crippen LogP contribution in [-0.4, -0.2) is 55.2 Å². The molecule has 0 radical (unpaired) electrons. The first-order valence-electron chi connectivity index (χ1n) is 7.18. The number of hydrogen-bond donors (Lipinski definition) is 2. The van der Waals surface area contributed by atoms with Gasteiger partial charge in [0.05, 0.1) is 17.8 Å². The molecule has 1 aromatic rings. The van der Waals surface area contributed by atoms with E-state index in [1.54, 1.807) is 19.2 Å². The number of anilines is 1. The second-order valence-electron chi connectivity index (χ2n) is 5.00. The molecule has 1 unspecified atom stereocenters. The summed E-state index contributed by atoms with van der Waals surface area (Å²) in [7, 11) is 3.42. The molecule has 21 heavy (non-hydrogen) atoms. The van der Waals surface area contributed by atoms with E-state index < -0.39 is 6.23 Å². The Balaban J connectivity index is 2.82. The van der Waals surface area contributed by atoms with Gasteiger partial charge in [-0.15, -0.1) is 0 Å². The van der Waals surface area contributed by atoms with Crippen LogP contribution >= 0.6 is 11.6 Å². The summed E-state index contributed by atoms with van der Waals surface area (Å²) in [6, 6.07) is 3.30. The summed E-state index contributed by atoms with van der Waals surface area (Å²) < 4.78 is 5.28. The van der Waals surface area contributed by atoms with E-state index in [1.165, 1.54) is 0 Å². The molecule has 0 aliphatic heterocycles. The number of halogens is 1. The number of aliphatic hydroxyl groups excluding tert-OH is 1. The van der Waals surface area contributed by atoms with Gasteiger partial charge in [0.25, 0.3) is 0 Å². The molecule has 0 saturated heterocycles. The largest absolute Gasteiger partial charge is 0.496 e. The van der Waals surface area contributed by atoms with Crippen LogP contribution in [0.2, 0.25) is 5.02 Å². The Kier molecular flexibility index (Phi) is 7.25. The Morgan fingerprint density at radius 2 is 1.90 bits per heavy atom. The van der Waals surface area contributed by atoms with E-state index in [4.69, 9.17) is 22.1 Å². The maximum Gasteiger partial charge on any atom is 0.137 e. The predicted molar refractivity (Wildman–Crippen MR) is 87.8 cm³/mol. The van der Waals surface area contributed by atoms with Crippen LogP contribution in [0.25, 0.3) is 0 Å². The zero-order valence-electron chi connectivity index (χ0n) is 13.3. The zero-order valence-corrected chi connectivity index (χ0v) is 14.0. The average Bonchev–Trinajstić information content (AvgIpc) is 2.49. The van der Waals surface area contributed by atoms with Gasteiger partial charge < -0.3 is 20.5 Å². The third-order valence-electron chi connectivity index (χ3n) is 3.71. The smallest absolute Gasteiger partial charge is 0.137 e. The molecule has 0 fully saturated rings. The summed E-state index contributed by atoms with van der Waals surface area (Å²) in [5, 5.41) is 10.9. The van der Waals surface area contributed by atoms with Crippen LogP contribution in [0.4, 0.5) is 5.69 Å². The molecule has 1 atom stereocenters. The van der Waals surface area contributed by atoms with Gasteiger partial charge in [0.15, 0.2) is 0 Å².